The number of anilines is 2. The van der Waals surface area contributed by atoms with E-state index in [-0.39, 0.29) is 5.82 Å². The van der Waals surface area contributed by atoms with E-state index in [2.05, 4.69) is 19.2 Å². The van der Waals surface area contributed by atoms with Crippen molar-refractivity contribution in [2.75, 3.05) is 23.3 Å². The van der Waals surface area contributed by atoms with E-state index < -0.39 is 12.0 Å². The molecule has 3 atom stereocenters. The topological polar surface area (TPSA) is 52.6 Å². The third kappa shape index (κ3) is 1.89. The first-order valence-electron chi connectivity index (χ1n) is 6.54. The molecule has 2 N–H and O–H groups in total. The fourth-order valence-electron chi connectivity index (χ4n) is 2.82. The van der Waals surface area contributed by atoms with Crippen molar-refractivity contribution in [1.82, 2.24) is 0 Å². The fourth-order valence-corrected chi connectivity index (χ4v) is 2.82. The Balaban J connectivity index is 1.97. The van der Waals surface area contributed by atoms with E-state index in [9.17, 15) is 14.3 Å². The van der Waals surface area contributed by atoms with Crippen LogP contribution in [0.5, 0.6) is 0 Å². The van der Waals surface area contributed by atoms with Crippen LogP contribution in [0, 0.1) is 17.7 Å². The minimum absolute atomic E-state index is 0.326. The zero-order valence-corrected chi connectivity index (χ0v) is 11.0. The van der Waals surface area contributed by atoms with Crippen LogP contribution in [-0.2, 0) is 4.79 Å². The molecule has 3 unspecified atom stereocenters. The Morgan fingerprint density at radius 1 is 1.32 bits per heavy atom. The highest BCUT2D eigenvalue weighted by atomic mass is 19.1. The average molecular weight is 264 g/mol. The van der Waals surface area contributed by atoms with Crippen LogP contribution in [0.25, 0.3) is 0 Å². The SMILES string of the molecule is CC1CN(c2cc3c(cc2F)C(O)C(=O)N3)CC1C. The second kappa shape index (κ2) is 4.20. The average Bonchev–Trinajstić information content (AvgIpc) is 2.82. The number of hydrogen-bond donors (Lipinski definition) is 2. The van der Waals surface area contributed by atoms with Gasteiger partial charge in [-0.1, -0.05) is 13.8 Å². The maximum absolute atomic E-state index is 14.2. The highest BCUT2D eigenvalue weighted by Crippen LogP contribution is 2.38. The highest BCUT2D eigenvalue weighted by molar-refractivity contribution is 6.02. The van der Waals surface area contributed by atoms with Crippen molar-refractivity contribution in [3.63, 3.8) is 0 Å². The second-order valence-electron chi connectivity index (χ2n) is 5.64. The maximum atomic E-state index is 14.2. The number of nitrogens with one attached hydrogen (secondary N) is 1. The van der Waals surface area contributed by atoms with Gasteiger partial charge in [0.2, 0.25) is 0 Å². The van der Waals surface area contributed by atoms with Crippen LogP contribution in [0.3, 0.4) is 0 Å². The third-order valence-electron chi connectivity index (χ3n) is 4.25. The van der Waals surface area contributed by atoms with Crippen LogP contribution < -0.4 is 10.2 Å². The van der Waals surface area contributed by atoms with Crippen molar-refractivity contribution in [1.29, 1.82) is 0 Å². The molecule has 3 rings (SSSR count). The predicted octanol–water partition coefficient (Wildman–Crippen LogP) is 1.90. The lowest BCUT2D eigenvalue weighted by Crippen LogP contribution is -2.21. The van der Waals surface area contributed by atoms with Crippen LogP contribution in [0.2, 0.25) is 0 Å². The molecule has 0 aromatic heterocycles. The first-order chi connectivity index (χ1) is 8.97. The lowest BCUT2D eigenvalue weighted by atomic mass is 10.0. The van der Waals surface area contributed by atoms with E-state index in [1.54, 1.807) is 6.07 Å². The van der Waals surface area contributed by atoms with Crippen molar-refractivity contribution in [2.24, 2.45) is 11.8 Å². The number of carbonyl (C=O) groups is 1. The predicted molar refractivity (Wildman–Crippen MR) is 70.5 cm³/mol. The summed E-state index contributed by atoms with van der Waals surface area (Å²) in [6, 6.07) is 2.89. The molecule has 0 radical (unpaired) electrons. The summed E-state index contributed by atoms with van der Waals surface area (Å²) in [4.78, 5) is 13.4. The van der Waals surface area contributed by atoms with Gasteiger partial charge >= 0.3 is 0 Å². The minimum atomic E-state index is -1.25. The van der Waals surface area contributed by atoms with Gasteiger partial charge in [0.15, 0.2) is 6.10 Å². The molecule has 102 valence electrons. The molecule has 1 amide bonds. The summed E-state index contributed by atoms with van der Waals surface area (Å²) >= 11 is 0. The van der Waals surface area contributed by atoms with Gasteiger partial charge in [-0.15, -0.1) is 0 Å². The van der Waals surface area contributed by atoms with E-state index in [0.717, 1.165) is 13.1 Å². The molecule has 1 aromatic carbocycles. The molecule has 1 aromatic rings. The van der Waals surface area contributed by atoms with E-state index >= 15 is 0 Å². The molecule has 19 heavy (non-hydrogen) atoms. The quantitative estimate of drug-likeness (QED) is 0.814. The van der Waals surface area contributed by atoms with E-state index in [1.807, 2.05) is 4.90 Å². The molecular weight excluding hydrogens is 247 g/mol. The van der Waals surface area contributed by atoms with Crippen molar-refractivity contribution in [3.8, 4) is 0 Å². The van der Waals surface area contributed by atoms with Crippen LogP contribution >= 0.6 is 0 Å². The Morgan fingerprint density at radius 3 is 2.58 bits per heavy atom. The maximum Gasteiger partial charge on any atom is 0.257 e. The smallest absolute Gasteiger partial charge is 0.257 e. The normalized spacial score (nSPS) is 29.6. The molecule has 0 bridgehead atoms. The molecule has 2 heterocycles. The Bertz CT molecular complexity index is 536. The van der Waals surface area contributed by atoms with Crippen molar-refractivity contribution in [2.45, 2.75) is 20.0 Å². The second-order valence-corrected chi connectivity index (χ2v) is 5.64. The van der Waals surface area contributed by atoms with Crippen LogP contribution in [-0.4, -0.2) is 24.1 Å². The van der Waals surface area contributed by atoms with Gasteiger partial charge < -0.3 is 15.3 Å². The summed E-state index contributed by atoms with van der Waals surface area (Å²) in [5.41, 5.74) is 1.34. The molecule has 2 aliphatic rings. The van der Waals surface area contributed by atoms with E-state index in [0.29, 0.717) is 28.8 Å². The number of fused-ring (bicyclic) bond motifs is 1. The molecular formula is C14H17FN2O2. The minimum Gasteiger partial charge on any atom is -0.378 e. The number of rotatable bonds is 1. The molecule has 5 heteroatoms. The Hall–Kier alpha value is -1.62. The lowest BCUT2D eigenvalue weighted by molar-refractivity contribution is -0.123. The largest absolute Gasteiger partial charge is 0.378 e. The molecule has 2 aliphatic heterocycles. The first kappa shape index (κ1) is 12.4. The Morgan fingerprint density at radius 2 is 1.95 bits per heavy atom. The zero-order chi connectivity index (χ0) is 13.7. The summed E-state index contributed by atoms with van der Waals surface area (Å²) in [7, 11) is 0. The van der Waals surface area contributed by atoms with Gasteiger partial charge in [0, 0.05) is 24.3 Å². The number of aliphatic hydroxyl groups excluding tert-OH is 1. The van der Waals surface area contributed by atoms with Gasteiger partial charge in [-0.3, -0.25) is 4.79 Å². The summed E-state index contributed by atoms with van der Waals surface area (Å²) in [5.74, 6) is 0.172. The number of nitrogens with zero attached hydrogens (tertiary/aromatic N) is 1. The standard InChI is InChI=1S/C14H17FN2O2/c1-7-5-17(6-8(7)2)12-4-11-9(3-10(12)15)13(18)14(19)16-11/h3-4,7-8,13,18H,5-6H2,1-2H3,(H,16,19). The van der Waals surface area contributed by atoms with E-state index in [1.165, 1.54) is 6.07 Å². The van der Waals surface area contributed by atoms with Gasteiger partial charge in [0.05, 0.1) is 5.69 Å². The number of carbonyl (C=O) groups excluding carboxylic acids is 1. The highest BCUT2D eigenvalue weighted by Gasteiger charge is 2.33. The van der Waals surface area contributed by atoms with Crippen LogP contribution in [0.1, 0.15) is 25.5 Å². The molecule has 1 saturated heterocycles. The number of amides is 1. The summed E-state index contributed by atoms with van der Waals surface area (Å²) < 4.78 is 14.2. The third-order valence-corrected chi connectivity index (χ3v) is 4.25. The summed E-state index contributed by atoms with van der Waals surface area (Å²) in [6.07, 6.45) is -1.25. The number of hydrogen-bond acceptors (Lipinski definition) is 3. The number of halogens is 1. The number of benzene rings is 1. The van der Waals surface area contributed by atoms with Gasteiger partial charge in [-0.25, -0.2) is 4.39 Å². The molecule has 4 nitrogen and oxygen atoms in total. The molecule has 1 fully saturated rings. The number of aliphatic hydroxyl groups is 1. The van der Waals surface area contributed by atoms with Crippen molar-refractivity contribution >= 4 is 17.3 Å². The molecule has 0 aliphatic carbocycles. The Labute approximate surface area is 111 Å². The fraction of sp³-hybridized carbons (Fsp3) is 0.500. The van der Waals surface area contributed by atoms with Crippen molar-refractivity contribution < 1.29 is 14.3 Å². The zero-order valence-electron chi connectivity index (χ0n) is 11.0. The van der Waals surface area contributed by atoms with Gasteiger partial charge in [-0.05, 0) is 24.0 Å². The first-order valence-corrected chi connectivity index (χ1v) is 6.54. The van der Waals surface area contributed by atoms with Gasteiger partial charge in [0.25, 0.3) is 5.91 Å². The summed E-state index contributed by atoms with van der Waals surface area (Å²) in [6.45, 7) is 5.93. The summed E-state index contributed by atoms with van der Waals surface area (Å²) in [5, 5.41) is 12.2. The molecule has 0 spiro atoms. The van der Waals surface area contributed by atoms with E-state index in [4.69, 9.17) is 0 Å². The van der Waals surface area contributed by atoms with Gasteiger partial charge in [-0.2, -0.15) is 0 Å². The lowest BCUT2D eigenvalue weighted by Gasteiger charge is -2.20. The monoisotopic (exact) mass is 264 g/mol. The van der Waals surface area contributed by atoms with Gasteiger partial charge in [0.1, 0.15) is 5.82 Å². The van der Waals surface area contributed by atoms with Crippen LogP contribution in [0.15, 0.2) is 12.1 Å². The molecule has 0 saturated carbocycles. The van der Waals surface area contributed by atoms with Crippen molar-refractivity contribution in [3.05, 3.63) is 23.5 Å². The van der Waals surface area contributed by atoms with Crippen LogP contribution in [0.4, 0.5) is 15.8 Å². The Kier molecular flexibility index (Phi) is 2.74.